The topological polar surface area (TPSA) is 66.9 Å². The van der Waals surface area contributed by atoms with Gasteiger partial charge >= 0.3 is 0 Å². The SMILES string of the molecule is O=C1CC(CNc2ccnc(-c3ccc(Br)cc3)n2)CN1. The highest BCUT2D eigenvalue weighted by atomic mass is 79.9. The molecule has 1 aliphatic rings. The lowest BCUT2D eigenvalue weighted by Gasteiger charge is -2.10. The van der Waals surface area contributed by atoms with Crippen molar-refractivity contribution in [3.8, 4) is 11.4 Å². The Morgan fingerprint density at radius 3 is 2.81 bits per heavy atom. The number of hydrogen-bond acceptors (Lipinski definition) is 4. The Balaban J connectivity index is 1.68. The molecule has 108 valence electrons. The van der Waals surface area contributed by atoms with Crippen molar-refractivity contribution in [2.45, 2.75) is 6.42 Å². The Bertz CT molecular complexity index is 644. The molecule has 0 aliphatic carbocycles. The lowest BCUT2D eigenvalue weighted by molar-refractivity contribution is -0.119. The lowest BCUT2D eigenvalue weighted by atomic mass is 10.1. The van der Waals surface area contributed by atoms with E-state index in [9.17, 15) is 4.79 Å². The number of aromatic nitrogens is 2. The molecular weight excluding hydrogens is 332 g/mol. The van der Waals surface area contributed by atoms with Gasteiger partial charge in [-0.05, 0) is 18.2 Å². The van der Waals surface area contributed by atoms with Crippen LogP contribution in [0.4, 0.5) is 5.82 Å². The Kier molecular flexibility index (Phi) is 4.15. The number of anilines is 1. The Hall–Kier alpha value is -1.95. The molecule has 5 nitrogen and oxygen atoms in total. The molecule has 2 aromatic rings. The van der Waals surface area contributed by atoms with Crippen molar-refractivity contribution < 1.29 is 4.79 Å². The predicted molar refractivity (Wildman–Crippen MR) is 84.8 cm³/mol. The van der Waals surface area contributed by atoms with Gasteiger partial charge in [-0.25, -0.2) is 9.97 Å². The van der Waals surface area contributed by atoms with E-state index in [4.69, 9.17) is 0 Å². The molecule has 1 aliphatic heterocycles. The molecule has 1 amide bonds. The van der Waals surface area contributed by atoms with Gasteiger partial charge < -0.3 is 10.6 Å². The second kappa shape index (κ2) is 6.22. The number of rotatable bonds is 4. The van der Waals surface area contributed by atoms with E-state index in [1.807, 2.05) is 30.3 Å². The molecule has 1 aromatic heterocycles. The number of carbonyl (C=O) groups excluding carboxylic acids is 1. The van der Waals surface area contributed by atoms with Gasteiger partial charge in [-0.2, -0.15) is 0 Å². The molecule has 1 saturated heterocycles. The van der Waals surface area contributed by atoms with E-state index >= 15 is 0 Å². The predicted octanol–water partition coefficient (Wildman–Crippen LogP) is 2.45. The summed E-state index contributed by atoms with van der Waals surface area (Å²) < 4.78 is 1.03. The number of carbonyl (C=O) groups is 1. The van der Waals surface area contributed by atoms with Crippen LogP contribution in [0.1, 0.15) is 6.42 Å². The first-order valence-corrected chi connectivity index (χ1v) is 7.59. The fourth-order valence-electron chi connectivity index (χ4n) is 2.25. The highest BCUT2D eigenvalue weighted by Crippen LogP contribution is 2.19. The smallest absolute Gasteiger partial charge is 0.220 e. The summed E-state index contributed by atoms with van der Waals surface area (Å²) in [7, 11) is 0. The first-order chi connectivity index (χ1) is 10.2. The zero-order valence-corrected chi connectivity index (χ0v) is 12.9. The van der Waals surface area contributed by atoms with E-state index < -0.39 is 0 Å². The molecule has 1 atom stereocenters. The average Bonchev–Trinajstić information content (AvgIpc) is 2.92. The van der Waals surface area contributed by atoms with E-state index in [-0.39, 0.29) is 5.91 Å². The van der Waals surface area contributed by atoms with Gasteiger partial charge in [-0.1, -0.05) is 28.1 Å². The second-order valence-corrected chi connectivity index (χ2v) is 5.94. The van der Waals surface area contributed by atoms with Gasteiger partial charge in [0.05, 0.1) is 0 Å². The van der Waals surface area contributed by atoms with Crippen molar-refractivity contribution in [3.05, 3.63) is 41.0 Å². The maximum Gasteiger partial charge on any atom is 0.220 e. The fourth-order valence-corrected chi connectivity index (χ4v) is 2.52. The van der Waals surface area contributed by atoms with E-state index in [0.29, 0.717) is 18.2 Å². The van der Waals surface area contributed by atoms with Crippen molar-refractivity contribution in [2.75, 3.05) is 18.4 Å². The lowest BCUT2D eigenvalue weighted by Crippen LogP contribution is -2.18. The summed E-state index contributed by atoms with van der Waals surface area (Å²) >= 11 is 3.41. The molecule has 0 bridgehead atoms. The standard InChI is InChI=1S/C15H15BrN4O/c16-12-3-1-11(2-4-12)15-17-6-5-13(20-15)18-8-10-7-14(21)19-9-10/h1-6,10H,7-9H2,(H,19,21)(H,17,18,20). The van der Waals surface area contributed by atoms with Crippen LogP contribution in [0, 0.1) is 5.92 Å². The van der Waals surface area contributed by atoms with E-state index in [1.165, 1.54) is 0 Å². The molecule has 3 rings (SSSR count). The number of benzene rings is 1. The number of nitrogens with zero attached hydrogens (tertiary/aromatic N) is 2. The Morgan fingerprint density at radius 1 is 1.29 bits per heavy atom. The third-order valence-electron chi connectivity index (χ3n) is 3.39. The van der Waals surface area contributed by atoms with Gasteiger partial charge in [-0.3, -0.25) is 4.79 Å². The van der Waals surface area contributed by atoms with Gasteiger partial charge in [-0.15, -0.1) is 0 Å². The van der Waals surface area contributed by atoms with E-state index in [0.717, 1.165) is 28.9 Å². The molecule has 1 aromatic carbocycles. The van der Waals surface area contributed by atoms with Crippen LogP contribution in [-0.2, 0) is 4.79 Å². The molecule has 21 heavy (non-hydrogen) atoms. The number of amides is 1. The molecule has 6 heteroatoms. The number of hydrogen-bond donors (Lipinski definition) is 2. The van der Waals surface area contributed by atoms with Crippen molar-refractivity contribution in [1.82, 2.24) is 15.3 Å². The summed E-state index contributed by atoms with van der Waals surface area (Å²) in [5.74, 6) is 1.92. The van der Waals surface area contributed by atoms with Crippen molar-refractivity contribution in [3.63, 3.8) is 0 Å². The quantitative estimate of drug-likeness (QED) is 0.892. The highest BCUT2D eigenvalue weighted by Gasteiger charge is 2.20. The Labute approximate surface area is 131 Å². The second-order valence-electron chi connectivity index (χ2n) is 5.03. The first-order valence-electron chi connectivity index (χ1n) is 6.80. The largest absolute Gasteiger partial charge is 0.370 e. The van der Waals surface area contributed by atoms with Gasteiger partial charge in [0.15, 0.2) is 5.82 Å². The van der Waals surface area contributed by atoms with Crippen LogP contribution in [-0.4, -0.2) is 29.0 Å². The van der Waals surface area contributed by atoms with Crippen LogP contribution < -0.4 is 10.6 Å². The minimum absolute atomic E-state index is 0.125. The summed E-state index contributed by atoms with van der Waals surface area (Å²) in [5, 5.41) is 6.11. The molecule has 2 N–H and O–H groups in total. The molecule has 2 heterocycles. The molecule has 1 unspecified atom stereocenters. The summed E-state index contributed by atoms with van der Waals surface area (Å²) in [6, 6.07) is 9.72. The van der Waals surface area contributed by atoms with Crippen molar-refractivity contribution >= 4 is 27.7 Å². The normalized spacial score (nSPS) is 17.6. The van der Waals surface area contributed by atoms with Crippen LogP contribution in [0.2, 0.25) is 0 Å². The first kappa shape index (κ1) is 14.0. The van der Waals surface area contributed by atoms with Crippen LogP contribution >= 0.6 is 15.9 Å². The summed E-state index contributed by atoms with van der Waals surface area (Å²) in [6.45, 7) is 1.46. The maximum absolute atomic E-state index is 11.2. The third kappa shape index (κ3) is 3.58. The van der Waals surface area contributed by atoms with Gasteiger partial charge in [0.2, 0.25) is 5.91 Å². The monoisotopic (exact) mass is 346 g/mol. The summed E-state index contributed by atoms with van der Waals surface area (Å²) in [5.41, 5.74) is 0.972. The van der Waals surface area contributed by atoms with Gasteiger partial charge in [0.1, 0.15) is 5.82 Å². The highest BCUT2D eigenvalue weighted by molar-refractivity contribution is 9.10. The van der Waals surface area contributed by atoms with Gasteiger partial charge in [0, 0.05) is 41.7 Å². The summed E-state index contributed by atoms with van der Waals surface area (Å²) in [6.07, 6.45) is 2.32. The molecule has 1 fully saturated rings. The molecular formula is C15H15BrN4O. The van der Waals surface area contributed by atoms with Crippen LogP contribution in [0.3, 0.4) is 0 Å². The Morgan fingerprint density at radius 2 is 2.10 bits per heavy atom. The van der Waals surface area contributed by atoms with Crippen LogP contribution in [0.15, 0.2) is 41.0 Å². The third-order valence-corrected chi connectivity index (χ3v) is 3.92. The van der Waals surface area contributed by atoms with Crippen LogP contribution in [0.25, 0.3) is 11.4 Å². The summed E-state index contributed by atoms with van der Waals surface area (Å²) in [4.78, 5) is 20.0. The minimum Gasteiger partial charge on any atom is -0.370 e. The number of nitrogens with one attached hydrogen (secondary N) is 2. The fraction of sp³-hybridized carbons (Fsp3) is 0.267. The van der Waals surface area contributed by atoms with Crippen molar-refractivity contribution in [1.29, 1.82) is 0 Å². The van der Waals surface area contributed by atoms with Crippen LogP contribution in [0.5, 0.6) is 0 Å². The zero-order valence-electron chi connectivity index (χ0n) is 11.3. The molecule has 0 radical (unpaired) electrons. The van der Waals surface area contributed by atoms with E-state index in [1.54, 1.807) is 6.20 Å². The minimum atomic E-state index is 0.125. The van der Waals surface area contributed by atoms with E-state index in [2.05, 4.69) is 36.5 Å². The average molecular weight is 347 g/mol. The zero-order chi connectivity index (χ0) is 14.7. The molecule has 0 spiro atoms. The van der Waals surface area contributed by atoms with Crippen molar-refractivity contribution in [2.24, 2.45) is 5.92 Å². The number of halogens is 1. The van der Waals surface area contributed by atoms with Gasteiger partial charge in [0.25, 0.3) is 0 Å². The molecule has 0 saturated carbocycles. The maximum atomic E-state index is 11.2.